The highest BCUT2D eigenvalue weighted by molar-refractivity contribution is 5.60. The molecule has 0 radical (unpaired) electrons. The number of aromatic nitrogens is 2. The van der Waals surface area contributed by atoms with Crippen LogP contribution in [0.5, 0.6) is 0 Å². The second kappa shape index (κ2) is 5.59. The summed E-state index contributed by atoms with van der Waals surface area (Å²) in [5.74, 6) is 1.27. The van der Waals surface area contributed by atoms with Gasteiger partial charge in [-0.25, -0.2) is 0 Å². The summed E-state index contributed by atoms with van der Waals surface area (Å²) in [5, 5.41) is 17.8. The molecule has 1 aromatic heterocycles. The standard InChI is InChI=1S/C16H19N3O/c1-12-2-4-14(5-3-12)15-6-7-16(18-17-15)19-9-8-13(10-19)11-20/h2-7,13,20H,8-11H2,1H3. The Morgan fingerprint density at radius 3 is 2.55 bits per heavy atom. The van der Waals surface area contributed by atoms with Crippen molar-refractivity contribution in [2.45, 2.75) is 13.3 Å². The van der Waals surface area contributed by atoms with Crippen molar-refractivity contribution in [3.63, 3.8) is 0 Å². The third kappa shape index (κ3) is 2.65. The van der Waals surface area contributed by atoms with Gasteiger partial charge in [-0.15, -0.1) is 10.2 Å². The molecule has 1 aliphatic rings. The van der Waals surface area contributed by atoms with Crippen LogP contribution in [0.3, 0.4) is 0 Å². The first-order chi connectivity index (χ1) is 9.76. The second-order valence-corrected chi connectivity index (χ2v) is 5.43. The SMILES string of the molecule is Cc1ccc(-c2ccc(N3CCC(CO)C3)nn2)cc1. The molecule has 3 rings (SSSR count). The fourth-order valence-corrected chi connectivity index (χ4v) is 2.56. The van der Waals surface area contributed by atoms with Gasteiger partial charge in [-0.3, -0.25) is 0 Å². The van der Waals surface area contributed by atoms with Crippen molar-refractivity contribution in [1.29, 1.82) is 0 Å². The van der Waals surface area contributed by atoms with Crippen LogP contribution in [-0.4, -0.2) is 35.0 Å². The summed E-state index contributed by atoms with van der Waals surface area (Å²) in [6, 6.07) is 12.3. The molecule has 1 fully saturated rings. The Kier molecular flexibility index (Phi) is 3.65. The Balaban J connectivity index is 1.76. The maximum absolute atomic E-state index is 9.18. The Morgan fingerprint density at radius 2 is 1.95 bits per heavy atom. The van der Waals surface area contributed by atoms with Crippen molar-refractivity contribution in [1.82, 2.24) is 10.2 Å². The molecule has 0 amide bonds. The zero-order valence-electron chi connectivity index (χ0n) is 11.7. The summed E-state index contributed by atoms with van der Waals surface area (Å²) in [6.07, 6.45) is 1.03. The number of benzene rings is 1. The van der Waals surface area contributed by atoms with E-state index in [0.717, 1.165) is 36.6 Å². The van der Waals surface area contributed by atoms with E-state index >= 15 is 0 Å². The van der Waals surface area contributed by atoms with Gasteiger partial charge < -0.3 is 10.0 Å². The number of aliphatic hydroxyl groups is 1. The van der Waals surface area contributed by atoms with Crippen LogP contribution in [0.1, 0.15) is 12.0 Å². The molecular weight excluding hydrogens is 250 g/mol. The van der Waals surface area contributed by atoms with Gasteiger partial charge in [0.15, 0.2) is 5.82 Å². The van der Waals surface area contributed by atoms with Crippen molar-refractivity contribution in [2.75, 3.05) is 24.6 Å². The normalized spacial score (nSPS) is 18.5. The third-order valence-corrected chi connectivity index (χ3v) is 3.87. The first-order valence-electron chi connectivity index (χ1n) is 7.03. The monoisotopic (exact) mass is 269 g/mol. The molecule has 1 aromatic carbocycles. The van der Waals surface area contributed by atoms with Gasteiger partial charge in [-0.1, -0.05) is 29.8 Å². The lowest BCUT2D eigenvalue weighted by Gasteiger charge is -2.16. The van der Waals surface area contributed by atoms with Gasteiger partial charge in [0.05, 0.1) is 5.69 Å². The Hall–Kier alpha value is -1.94. The van der Waals surface area contributed by atoms with E-state index in [1.165, 1.54) is 5.56 Å². The molecule has 20 heavy (non-hydrogen) atoms. The molecule has 4 heteroatoms. The van der Waals surface area contributed by atoms with Gasteiger partial charge in [0, 0.05) is 31.2 Å². The number of hydrogen-bond acceptors (Lipinski definition) is 4. The molecule has 4 nitrogen and oxygen atoms in total. The number of nitrogens with zero attached hydrogens (tertiary/aromatic N) is 3. The van der Waals surface area contributed by atoms with Crippen LogP contribution in [0, 0.1) is 12.8 Å². The van der Waals surface area contributed by atoms with Crippen LogP contribution in [0.25, 0.3) is 11.3 Å². The molecule has 2 aromatic rings. The summed E-state index contributed by atoms with van der Waals surface area (Å²) in [6.45, 7) is 4.15. The van der Waals surface area contributed by atoms with Crippen LogP contribution in [0.2, 0.25) is 0 Å². The number of anilines is 1. The molecule has 1 saturated heterocycles. The highest BCUT2D eigenvalue weighted by Gasteiger charge is 2.22. The number of aryl methyl sites for hydroxylation is 1. The Morgan fingerprint density at radius 1 is 1.15 bits per heavy atom. The minimum Gasteiger partial charge on any atom is -0.396 e. The van der Waals surface area contributed by atoms with E-state index in [4.69, 9.17) is 0 Å². The fourth-order valence-electron chi connectivity index (χ4n) is 2.56. The van der Waals surface area contributed by atoms with Crippen LogP contribution >= 0.6 is 0 Å². The summed E-state index contributed by atoms with van der Waals surface area (Å²) in [5.41, 5.74) is 3.22. The Labute approximate surface area is 119 Å². The molecule has 1 unspecified atom stereocenters. The van der Waals surface area contributed by atoms with Crippen molar-refractivity contribution < 1.29 is 5.11 Å². The first-order valence-corrected chi connectivity index (χ1v) is 7.03. The van der Waals surface area contributed by atoms with E-state index in [1.54, 1.807) is 0 Å². The first kappa shape index (κ1) is 13.1. The topological polar surface area (TPSA) is 49.2 Å². The molecular formula is C16H19N3O. The highest BCUT2D eigenvalue weighted by atomic mass is 16.3. The number of aliphatic hydroxyl groups excluding tert-OH is 1. The zero-order valence-corrected chi connectivity index (χ0v) is 11.7. The van der Waals surface area contributed by atoms with Gasteiger partial charge in [-0.2, -0.15) is 0 Å². The van der Waals surface area contributed by atoms with E-state index in [1.807, 2.05) is 12.1 Å². The van der Waals surface area contributed by atoms with Crippen LogP contribution in [0.15, 0.2) is 36.4 Å². The lowest BCUT2D eigenvalue weighted by molar-refractivity contribution is 0.238. The minimum absolute atomic E-state index is 0.255. The van der Waals surface area contributed by atoms with Gasteiger partial charge >= 0.3 is 0 Å². The molecule has 0 spiro atoms. The number of hydrogen-bond donors (Lipinski definition) is 1. The lowest BCUT2D eigenvalue weighted by atomic mass is 10.1. The average molecular weight is 269 g/mol. The summed E-state index contributed by atoms with van der Waals surface area (Å²) < 4.78 is 0. The van der Waals surface area contributed by atoms with Crippen LogP contribution in [-0.2, 0) is 0 Å². The van der Waals surface area contributed by atoms with Crippen molar-refractivity contribution in [2.24, 2.45) is 5.92 Å². The van der Waals surface area contributed by atoms with E-state index in [0.29, 0.717) is 5.92 Å². The summed E-state index contributed by atoms with van der Waals surface area (Å²) in [4.78, 5) is 2.19. The zero-order chi connectivity index (χ0) is 13.9. The van der Waals surface area contributed by atoms with E-state index in [-0.39, 0.29) is 6.61 Å². The maximum atomic E-state index is 9.18. The van der Waals surface area contributed by atoms with E-state index < -0.39 is 0 Å². The van der Waals surface area contributed by atoms with Crippen molar-refractivity contribution >= 4 is 5.82 Å². The maximum Gasteiger partial charge on any atom is 0.151 e. The minimum atomic E-state index is 0.255. The highest BCUT2D eigenvalue weighted by Crippen LogP contribution is 2.23. The summed E-state index contributed by atoms with van der Waals surface area (Å²) >= 11 is 0. The molecule has 0 bridgehead atoms. The van der Waals surface area contributed by atoms with Gasteiger partial charge in [0.25, 0.3) is 0 Å². The molecule has 1 N–H and O–H groups in total. The van der Waals surface area contributed by atoms with Gasteiger partial charge in [-0.05, 0) is 25.5 Å². The predicted octanol–water partition coefficient (Wildman–Crippen LogP) is 2.27. The molecule has 0 saturated carbocycles. The van der Waals surface area contributed by atoms with Crippen LogP contribution in [0.4, 0.5) is 5.82 Å². The lowest BCUT2D eigenvalue weighted by Crippen LogP contribution is -2.21. The second-order valence-electron chi connectivity index (χ2n) is 5.43. The smallest absolute Gasteiger partial charge is 0.151 e. The predicted molar refractivity (Wildman–Crippen MR) is 79.6 cm³/mol. The van der Waals surface area contributed by atoms with Gasteiger partial charge in [0.1, 0.15) is 0 Å². The Bertz CT molecular complexity index is 565. The average Bonchev–Trinajstić information content (AvgIpc) is 2.97. The quantitative estimate of drug-likeness (QED) is 0.928. The molecule has 2 heterocycles. The van der Waals surface area contributed by atoms with Gasteiger partial charge in [0.2, 0.25) is 0 Å². The van der Waals surface area contributed by atoms with Crippen LogP contribution < -0.4 is 4.90 Å². The molecule has 104 valence electrons. The molecule has 0 aliphatic carbocycles. The molecule has 1 aliphatic heterocycles. The van der Waals surface area contributed by atoms with Crippen molar-refractivity contribution in [3.8, 4) is 11.3 Å². The number of rotatable bonds is 3. The summed E-state index contributed by atoms with van der Waals surface area (Å²) in [7, 11) is 0. The molecule has 1 atom stereocenters. The largest absolute Gasteiger partial charge is 0.396 e. The van der Waals surface area contributed by atoms with E-state index in [9.17, 15) is 5.11 Å². The fraction of sp³-hybridized carbons (Fsp3) is 0.375. The van der Waals surface area contributed by atoms with E-state index in [2.05, 4.69) is 46.3 Å². The van der Waals surface area contributed by atoms with Crippen molar-refractivity contribution in [3.05, 3.63) is 42.0 Å². The third-order valence-electron chi connectivity index (χ3n) is 3.87.